The summed E-state index contributed by atoms with van der Waals surface area (Å²) in [6.45, 7) is 9.75. The third kappa shape index (κ3) is 8.07. The van der Waals surface area contributed by atoms with Gasteiger partial charge in [-0.15, -0.1) is 0 Å². The quantitative estimate of drug-likeness (QED) is 0.249. The lowest BCUT2D eigenvalue weighted by Crippen LogP contribution is -2.52. The van der Waals surface area contributed by atoms with Gasteiger partial charge < -0.3 is 14.6 Å². The second kappa shape index (κ2) is 12.6. The molecule has 0 saturated carbocycles. The molecular weight excluding hydrogens is 430 g/mol. The summed E-state index contributed by atoms with van der Waals surface area (Å²) in [5.41, 5.74) is -0.912. The van der Waals surface area contributed by atoms with Crippen LogP contribution in [0.3, 0.4) is 0 Å². The third-order valence-electron chi connectivity index (χ3n) is 5.59. The maximum absolute atomic E-state index is 13.2. The van der Waals surface area contributed by atoms with Crippen molar-refractivity contribution in [1.82, 2.24) is 4.90 Å². The van der Waals surface area contributed by atoms with E-state index in [1.54, 1.807) is 13.8 Å². The zero-order chi connectivity index (χ0) is 25.3. The zero-order valence-electron chi connectivity index (χ0n) is 20.5. The molecule has 186 valence electrons. The second-order valence-electron chi connectivity index (χ2n) is 9.28. The number of hydrogen-bond acceptors (Lipinski definition) is 8. The van der Waals surface area contributed by atoms with Gasteiger partial charge in [-0.1, -0.05) is 26.7 Å². The molecule has 0 aliphatic carbocycles. The highest BCUT2D eigenvalue weighted by molar-refractivity contribution is 6.04. The molecule has 0 bridgehead atoms. The van der Waals surface area contributed by atoms with Crippen LogP contribution in [0.25, 0.3) is 0 Å². The molecule has 0 aromatic carbocycles. The number of cyclic esters (lactones) is 1. The number of ether oxygens (including phenoxy) is 2. The minimum atomic E-state index is -1.48. The molecule has 3 atom stereocenters. The summed E-state index contributed by atoms with van der Waals surface area (Å²) in [4.78, 5) is 63.1. The highest BCUT2D eigenvalue weighted by Crippen LogP contribution is 2.35. The lowest BCUT2D eigenvalue weighted by Gasteiger charge is -2.33. The van der Waals surface area contributed by atoms with E-state index in [9.17, 15) is 24.0 Å². The van der Waals surface area contributed by atoms with Crippen molar-refractivity contribution in [2.75, 3.05) is 6.61 Å². The van der Waals surface area contributed by atoms with Gasteiger partial charge >= 0.3 is 12.1 Å². The molecule has 1 saturated heterocycles. The molecule has 0 spiro atoms. The van der Waals surface area contributed by atoms with Crippen molar-refractivity contribution >= 4 is 29.5 Å². The fourth-order valence-electron chi connectivity index (χ4n) is 4.14. The van der Waals surface area contributed by atoms with Crippen molar-refractivity contribution in [1.29, 1.82) is 0 Å². The number of aliphatic hydroxyl groups is 1. The number of ketones is 2. The first-order valence-corrected chi connectivity index (χ1v) is 11.4. The van der Waals surface area contributed by atoms with Crippen molar-refractivity contribution in [3.05, 3.63) is 12.2 Å². The van der Waals surface area contributed by atoms with Crippen molar-refractivity contribution in [3.8, 4) is 0 Å². The molecule has 1 fully saturated rings. The van der Waals surface area contributed by atoms with Crippen LogP contribution in [0.2, 0.25) is 0 Å². The molecule has 1 aliphatic rings. The number of carbonyl (C=O) groups excluding carboxylic acids is 5. The van der Waals surface area contributed by atoms with Gasteiger partial charge in [-0.25, -0.2) is 9.69 Å². The van der Waals surface area contributed by atoms with Crippen molar-refractivity contribution in [2.24, 2.45) is 11.8 Å². The normalized spacial score (nSPS) is 19.5. The Labute approximate surface area is 195 Å². The van der Waals surface area contributed by atoms with Crippen LogP contribution in [0.5, 0.6) is 0 Å². The van der Waals surface area contributed by atoms with Crippen LogP contribution in [0.15, 0.2) is 12.2 Å². The predicted molar refractivity (Wildman–Crippen MR) is 120 cm³/mol. The van der Waals surface area contributed by atoms with Gasteiger partial charge in [0.15, 0.2) is 17.7 Å². The third-order valence-corrected chi connectivity index (χ3v) is 5.59. The summed E-state index contributed by atoms with van der Waals surface area (Å²) in [5, 5.41) is 8.77. The molecular formula is C24H37NO8. The predicted octanol–water partition coefficient (Wildman–Crippen LogP) is 2.97. The Kier molecular flexibility index (Phi) is 10.9. The van der Waals surface area contributed by atoms with E-state index in [1.807, 2.05) is 13.8 Å². The Morgan fingerprint density at radius 2 is 1.70 bits per heavy atom. The van der Waals surface area contributed by atoms with Crippen LogP contribution < -0.4 is 0 Å². The molecule has 9 nitrogen and oxygen atoms in total. The van der Waals surface area contributed by atoms with Gasteiger partial charge in [0.25, 0.3) is 0 Å². The topological polar surface area (TPSA) is 127 Å². The molecule has 0 aromatic rings. The van der Waals surface area contributed by atoms with Gasteiger partial charge in [-0.05, 0) is 51.7 Å². The van der Waals surface area contributed by atoms with Crippen molar-refractivity contribution in [2.45, 2.75) is 91.4 Å². The smallest absolute Gasteiger partial charge is 0.417 e. The van der Waals surface area contributed by atoms with Gasteiger partial charge in [0.2, 0.25) is 5.91 Å². The summed E-state index contributed by atoms with van der Waals surface area (Å²) in [7, 11) is 0. The fourth-order valence-corrected chi connectivity index (χ4v) is 4.14. The number of allylic oxidation sites excluding steroid dienone is 1. The van der Waals surface area contributed by atoms with Crippen LogP contribution in [-0.2, 0) is 28.7 Å². The van der Waals surface area contributed by atoms with Crippen molar-refractivity contribution in [3.63, 3.8) is 0 Å². The average Bonchev–Trinajstić information content (AvgIpc) is 2.97. The fraction of sp³-hybridized carbons (Fsp3) is 0.708. The Balaban J connectivity index is 2.95. The first-order chi connectivity index (χ1) is 15.3. The highest BCUT2D eigenvalue weighted by atomic mass is 16.6. The number of nitrogens with zero attached hydrogens (tertiary/aromatic N) is 1. The van der Waals surface area contributed by atoms with Gasteiger partial charge in [0, 0.05) is 20.0 Å². The van der Waals surface area contributed by atoms with E-state index in [2.05, 4.69) is 0 Å². The molecule has 1 rings (SSSR count). The van der Waals surface area contributed by atoms with E-state index in [1.165, 1.54) is 6.92 Å². The SMILES string of the molecule is CC(=O)O[C@H](C(=O)C=CC(=O)CCCCCCO)[C@H](C)C(=O)N1C(=O)OC(C)(C)[C@@H]1C(C)C. The lowest BCUT2D eigenvalue weighted by molar-refractivity contribution is -0.158. The molecule has 0 aromatic heterocycles. The Morgan fingerprint density at radius 3 is 2.24 bits per heavy atom. The molecule has 9 heteroatoms. The van der Waals surface area contributed by atoms with Crippen LogP contribution >= 0.6 is 0 Å². The summed E-state index contributed by atoms with van der Waals surface area (Å²) in [6, 6.07) is -0.559. The average molecular weight is 468 g/mol. The monoisotopic (exact) mass is 467 g/mol. The van der Waals surface area contributed by atoms with Gasteiger partial charge in [-0.3, -0.25) is 19.2 Å². The van der Waals surface area contributed by atoms with Gasteiger partial charge in [-0.2, -0.15) is 0 Å². The first kappa shape index (κ1) is 28.5. The summed E-state index contributed by atoms with van der Waals surface area (Å²) < 4.78 is 10.5. The van der Waals surface area contributed by atoms with Crippen LogP contribution in [0.1, 0.15) is 73.6 Å². The largest absolute Gasteiger partial charge is 0.453 e. The number of hydrogen-bond donors (Lipinski definition) is 1. The van der Waals surface area contributed by atoms with E-state index in [0.29, 0.717) is 12.8 Å². The number of imide groups is 1. The molecule has 1 N–H and O–H groups in total. The zero-order valence-corrected chi connectivity index (χ0v) is 20.5. The van der Waals surface area contributed by atoms with E-state index in [0.717, 1.165) is 36.8 Å². The minimum Gasteiger partial charge on any atom is -0.453 e. The van der Waals surface area contributed by atoms with E-state index in [-0.39, 0.29) is 24.7 Å². The summed E-state index contributed by atoms with van der Waals surface area (Å²) in [6.07, 6.45) is 2.99. The number of esters is 1. The number of aliphatic hydroxyl groups excluding tert-OH is 1. The van der Waals surface area contributed by atoms with E-state index < -0.39 is 47.4 Å². The number of amides is 2. The van der Waals surface area contributed by atoms with Crippen LogP contribution in [-0.4, -0.2) is 63.9 Å². The van der Waals surface area contributed by atoms with E-state index in [4.69, 9.17) is 14.6 Å². The number of rotatable bonds is 13. The second-order valence-corrected chi connectivity index (χ2v) is 9.28. The van der Waals surface area contributed by atoms with E-state index >= 15 is 0 Å². The maximum atomic E-state index is 13.2. The molecule has 1 aliphatic heterocycles. The Hall–Kier alpha value is -2.55. The number of unbranched alkanes of at least 4 members (excludes halogenated alkanes) is 3. The Morgan fingerprint density at radius 1 is 1.09 bits per heavy atom. The summed E-state index contributed by atoms with van der Waals surface area (Å²) >= 11 is 0. The maximum Gasteiger partial charge on any atom is 0.417 e. The van der Waals surface area contributed by atoms with Gasteiger partial charge in [0.05, 0.1) is 12.0 Å². The summed E-state index contributed by atoms with van der Waals surface area (Å²) in [5.74, 6) is -3.71. The molecule has 33 heavy (non-hydrogen) atoms. The first-order valence-electron chi connectivity index (χ1n) is 11.4. The van der Waals surface area contributed by atoms with Crippen LogP contribution in [0, 0.1) is 11.8 Å². The molecule has 1 heterocycles. The Bertz CT molecular complexity index is 770. The lowest BCUT2D eigenvalue weighted by atomic mass is 9.87. The molecule has 2 amide bonds. The highest BCUT2D eigenvalue weighted by Gasteiger charge is 2.53. The minimum absolute atomic E-state index is 0.111. The van der Waals surface area contributed by atoms with Gasteiger partial charge in [0.1, 0.15) is 5.60 Å². The number of carbonyl (C=O) groups is 5. The van der Waals surface area contributed by atoms with Crippen molar-refractivity contribution < 1.29 is 38.6 Å². The van der Waals surface area contributed by atoms with Crippen LogP contribution in [0.4, 0.5) is 4.79 Å². The standard InChI is InChI=1S/C24H37NO8/c1-15(2)21-24(5,6)33-23(31)25(21)22(30)16(3)20(32-17(4)27)19(29)13-12-18(28)11-9-7-8-10-14-26/h12-13,15-16,20-21,26H,7-11,14H2,1-6H3/t16-,20-,21-/m0/s1. The molecule has 0 unspecified atom stereocenters. The molecule has 0 radical (unpaired) electrons.